The topological polar surface area (TPSA) is 34.1 Å². The van der Waals surface area contributed by atoms with Gasteiger partial charge < -0.3 is 0 Å². The van der Waals surface area contributed by atoms with Gasteiger partial charge in [-0.05, 0) is 13.8 Å². The Morgan fingerprint density at radius 3 is 2.10 bits per heavy atom. The number of carbonyl (C=O) groups excluding carboxylic acids is 2. The molecule has 0 fully saturated rings. The molecule has 56 valence electrons. The first-order valence-electron chi connectivity index (χ1n) is 3.20. The molecule has 0 saturated heterocycles. The Bertz CT molecular complexity index is 159. The lowest BCUT2D eigenvalue weighted by Crippen LogP contribution is -2.11. The van der Waals surface area contributed by atoms with Gasteiger partial charge in [0, 0.05) is 12.3 Å². The fraction of sp³-hybridized carbons (Fsp3) is 0.500. The molecule has 0 bridgehead atoms. The first-order chi connectivity index (χ1) is 4.57. The molecule has 0 aromatic carbocycles. The van der Waals surface area contributed by atoms with E-state index < -0.39 is 0 Å². The minimum absolute atomic E-state index is 0.00481. The molecule has 0 amide bonds. The number of hydrogen-bond donors (Lipinski definition) is 0. The van der Waals surface area contributed by atoms with Crippen molar-refractivity contribution in [3.63, 3.8) is 0 Å². The fourth-order valence-corrected chi connectivity index (χ4v) is 0.703. The Kier molecular flexibility index (Phi) is 3.62. The Hall–Kier alpha value is -0.920. The second-order valence-electron chi connectivity index (χ2n) is 2.36. The van der Waals surface area contributed by atoms with Crippen LogP contribution in [0.15, 0.2) is 12.7 Å². The van der Waals surface area contributed by atoms with Crippen LogP contribution < -0.4 is 0 Å². The van der Waals surface area contributed by atoms with Crippen molar-refractivity contribution < 1.29 is 9.59 Å². The number of ketones is 2. The molecule has 2 nitrogen and oxygen atoms in total. The normalized spacial score (nSPS) is 12.2. The molecule has 0 spiro atoms. The van der Waals surface area contributed by atoms with Gasteiger partial charge in [-0.15, -0.1) is 6.58 Å². The third-order valence-electron chi connectivity index (χ3n) is 1.31. The maximum absolute atomic E-state index is 10.7. The van der Waals surface area contributed by atoms with Crippen LogP contribution in [0.1, 0.15) is 20.3 Å². The third kappa shape index (κ3) is 3.17. The van der Waals surface area contributed by atoms with E-state index in [0.29, 0.717) is 6.42 Å². The molecule has 1 atom stereocenters. The summed E-state index contributed by atoms with van der Waals surface area (Å²) >= 11 is 0. The van der Waals surface area contributed by atoms with Crippen LogP contribution in [-0.4, -0.2) is 11.6 Å². The van der Waals surface area contributed by atoms with E-state index in [1.807, 2.05) is 0 Å². The van der Waals surface area contributed by atoms with Crippen LogP contribution in [0.3, 0.4) is 0 Å². The Labute approximate surface area is 60.9 Å². The van der Waals surface area contributed by atoms with E-state index in [9.17, 15) is 9.59 Å². The highest BCUT2D eigenvalue weighted by atomic mass is 16.1. The Balaban J connectivity index is 3.96. The molecular weight excluding hydrogens is 128 g/mol. The monoisotopic (exact) mass is 140 g/mol. The maximum atomic E-state index is 10.7. The molecule has 0 aliphatic heterocycles. The van der Waals surface area contributed by atoms with E-state index >= 15 is 0 Å². The predicted molar refractivity (Wildman–Crippen MR) is 39.7 cm³/mol. The number of rotatable bonds is 4. The lowest BCUT2D eigenvalue weighted by molar-refractivity contribution is -0.124. The zero-order chi connectivity index (χ0) is 8.15. The predicted octanol–water partition coefficient (Wildman–Crippen LogP) is 1.36. The second-order valence-corrected chi connectivity index (χ2v) is 2.36. The number of Topliss-reactive ketones (excluding diaryl/α,β-unsaturated/α-hetero) is 2. The highest BCUT2D eigenvalue weighted by Gasteiger charge is 2.11. The van der Waals surface area contributed by atoms with Gasteiger partial charge in [0.2, 0.25) is 0 Å². The molecule has 0 aromatic heterocycles. The maximum Gasteiger partial charge on any atom is 0.137 e. The van der Waals surface area contributed by atoms with Crippen LogP contribution in [0.2, 0.25) is 0 Å². The van der Waals surface area contributed by atoms with Crippen LogP contribution in [0, 0.1) is 5.92 Å². The van der Waals surface area contributed by atoms with Gasteiger partial charge in [0.15, 0.2) is 0 Å². The standard InChI is InChI=1S/C8H12O2/c1-4-8(7(3)10)5-6(2)9/h4,8H,1,5H2,2-3H3. The second kappa shape index (κ2) is 3.99. The smallest absolute Gasteiger partial charge is 0.137 e. The third-order valence-corrected chi connectivity index (χ3v) is 1.31. The van der Waals surface area contributed by atoms with E-state index in [0.717, 1.165) is 0 Å². The highest BCUT2D eigenvalue weighted by molar-refractivity contribution is 5.86. The first-order valence-corrected chi connectivity index (χ1v) is 3.20. The van der Waals surface area contributed by atoms with Crippen molar-refractivity contribution in [2.24, 2.45) is 5.92 Å². The lowest BCUT2D eigenvalue weighted by atomic mass is 9.99. The van der Waals surface area contributed by atoms with E-state index in [1.54, 1.807) is 0 Å². The van der Waals surface area contributed by atoms with Crippen molar-refractivity contribution in [3.8, 4) is 0 Å². The fourth-order valence-electron chi connectivity index (χ4n) is 0.703. The summed E-state index contributed by atoms with van der Waals surface area (Å²) < 4.78 is 0. The van der Waals surface area contributed by atoms with Crippen LogP contribution in [0.4, 0.5) is 0 Å². The van der Waals surface area contributed by atoms with Gasteiger partial charge in [-0.1, -0.05) is 6.08 Å². The van der Waals surface area contributed by atoms with Gasteiger partial charge in [-0.2, -0.15) is 0 Å². The summed E-state index contributed by atoms with van der Waals surface area (Å²) in [7, 11) is 0. The van der Waals surface area contributed by atoms with Crippen molar-refractivity contribution in [2.75, 3.05) is 0 Å². The molecule has 0 aromatic rings. The molecule has 1 unspecified atom stereocenters. The van der Waals surface area contributed by atoms with Crippen molar-refractivity contribution in [1.29, 1.82) is 0 Å². The first kappa shape index (κ1) is 9.08. The summed E-state index contributed by atoms with van der Waals surface area (Å²) in [5.41, 5.74) is 0. The zero-order valence-corrected chi connectivity index (χ0v) is 6.39. The number of carbonyl (C=O) groups is 2. The van der Waals surface area contributed by atoms with Crippen LogP contribution in [0.5, 0.6) is 0 Å². The van der Waals surface area contributed by atoms with Gasteiger partial charge in [-0.3, -0.25) is 9.59 Å². The minimum atomic E-state index is -0.280. The molecule has 0 aliphatic rings. The van der Waals surface area contributed by atoms with Gasteiger partial charge in [0.05, 0.1) is 0 Å². The van der Waals surface area contributed by atoms with E-state index in [1.165, 1.54) is 19.9 Å². The van der Waals surface area contributed by atoms with Crippen LogP contribution in [-0.2, 0) is 9.59 Å². The average molecular weight is 140 g/mol. The van der Waals surface area contributed by atoms with Crippen LogP contribution in [0.25, 0.3) is 0 Å². The van der Waals surface area contributed by atoms with Crippen molar-refractivity contribution in [3.05, 3.63) is 12.7 Å². The summed E-state index contributed by atoms with van der Waals surface area (Å²) in [6.45, 7) is 6.40. The highest BCUT2D eigenvalue weighted by Crippen LogP contribution is 2.05. The molecule has 0 rings (SSSR count). The van der Waals surface area contributed by atoms with Gasteiger partial charge in [0.1, 0.15) is 11.6 Å². The molecule has 0 saturated carbocycles. The Morgan fingerprint density at radius 2 is 2.00 bits per heavy atom. The van der Waals surface area contributed by atoms with E-state index in [-0.39, 0.29) is 17.5 Å². The molecule has 2 heteroatoms. The summed E-state index contributed by atoms with van der Waals surface area (Å²) in [5, 5.41) is 0. The molecular formula is C8H12O2. The molecule has 10 heavy (non-hydrogen) atoms. The zero-order valence-electron chi connectivity index (χ0n) is 6.39. The molecule has 0 aliphatic carbocycles. The minimum Gasteiger partial charge on any atom is -0.300 e. The quantitative estimate of drug-likeness (QED) is 0.552. The summed E-state index contributed by atoms with van der Waals surface area (Å²) in [5.74, 6) is -0.247. The lowest BCUT2D eigenvalue weighted by Gasteiger charge is -2.03. The van der Waals surface area contributed by atoms with Gasteiger partial charge in [0.25, 0.3) is 0 Å². The summed E-state index contributed by atoms with van der Waals surface area (Å²) in [6.07, 6.45) is 1.81. The van der Waals surface area contributed by atoms with Crippen molar-refractivity contribution in [1.82, 2.24) is 0 Å². The van der Waals surface area contributed by atoms with Crippen LogP contribution >= 0.6 is 0 Å². The largest absolute Gasteiger partial charge is 0.300 e. The van der Waals surface area contributed by atoms with Gasteiger partial charge >= 0.3 is 0 Å². The molecule has 0 N–H and O–H groups in total. The molecule has 0 radical (unpaired) electrons. The summed E-state index contributed by atoms with van der Waals surface area (Å²) in [4.78, 5) is 21.2. The molecule has 0 heterocycles. The number of hydrogen-bond acceptors (Lipinski definition) is 2. The number of allylic oxidation sites excluding steroid dienone is 1. The summed E-state index contributed by atoms with van der Waals surface area (Å²) in [6, 6.07) is 0. The van der Waals surface area contributed by atoms with Crippen molar-refractivity contribution in [2.45, 2.75) is 20.3 Å². The van der Waals surface area contributed by atoms with Crippen molar-refractivity contribution >= 4 is 11.6 Å². The van der Waals surface area contributed by atoms with E-state index in [4.69, 9.17) is 0 Å². The Morgan fingerprint density at radius 1 is 1.50 bits per heavy atom. The van der Waals surface area contributed by atoms with Gasteiger partial charge in [-0.25, -0.2) is 0 Å². The average Bonchev–Trinajstić information content (AvgIpc) is 1.81. The SMILES string of the molecule is C=CC(CC(C)=O)C(C)=O. The van der Waals surface area contributed by atoms with E-state index in [2.05, 4.69) is 6.58 Å².